The van der Waals surface area contributed by atoms with E-state index in [1.165, 1.54) is 12.1 Å². The molecule has 0 saturated carbocycles. The molecule has 4 aromatic rings. The molecule has 0 radical (unpaired) electrons. The highest BCUT2D eigenvalue weighted by molar-refractivity contribution is 7.80. The van der Waals surface area contributed by atoms with Gasteiger partial charge in [-0.05, 0) is 30.3 Å². The second kappa shape index (κ2) is 7.61. The van der Waals surface area contributed by atoms with Gasteiger partial charge < -0.3 is 20.0 Å². The summed E-state index contributed by atoms with van der Waals surface area (Å²) in [6, 6.07) is 10.2. The average Bonchev–Trinajstić information content (AvgIpc) is 3.30. The second-order valence-electron chi connectivity index (χ2n) is 6.22. The minimum Gasteiger partial charge on any atom is -0.492 e. The van der Waals surface area contributed by atoms with E-state index in [0.717, 1.165) is 27.7 Å². The Labute approximate surface area is 170 Å². The predicted octanol–water partition coefficient (Wildman–Crippen LogP) is 4.54. The fourth-order valence-electron chi connectivity index (χ4n) is 3.04. The number of imidazole rings is 1. The van der Waals surface area contributed by atoms with Gasteiger partial charge in [-0.15, -0.1) is 0 Å². The number of hydrogen-bond acceptors (Lipinski definition) is 3. The van der Waals surface area contributed by atoms with Crippen molar-refractivity contribution < 1.29 is 9.13 Å². The second-order valence-corrected chi connectivity index (χ2v) is 7.07. The van der Waals surface area contributed by atoms with Crippen LogP contribution in [0.25, 0.3) is 22.2 Å². The predicted molar refractivity (Wildman–Crippen MR) is 112 cm³/mol. The summed E-state index contributed by atoms with van der Waals surface area (Å²) in [7, 11) is 0. The molecule has 3 N–H and O–H groups in total. The fourth-order valence-corrected chi connectivity index (χ4v) is 3.28. The topological polar surface area (TPSA) is 68.9 Å². The third-order valence-electron chi connectivity index (χ3n) is 4.45. The first-order chi connectivity index (χ1) is 13.5. The van der Waals surface area contributed by atoms with Crippen LogP contribution in [-0.4, -0.2) is 26.1 Å². The lowest BCUT2D eigenvalue weighted by molar-refractivity contribution is 0.297. The monoisotopic (exact) mass is 414 g/mol. The van der Waals surface area contributed by atoms with Crippen molar-refractivity contribution in [1.29, 1.82) is 0 Å². The molecule has 142 valence electrons. The number of nitrogens with two attached hydrogens (primary N) is 1. The molecule has 2 heterocycles. The minimum absolute atomic E-state index is 0.0694. The fraction of sp³-hybridized carbons (Fsp3) is 0.100. The number of rotatable bonds is 6. The molecule has 0 bridgehead atoms. The number of nitrogens with one attached hydrogen (secondary N) is 1. The van der Waals surface area contributed by atoms with E-state index < -0.39 is 5.82 Å². The van der Waals surface area contributed by atoms with Crippen molar-refractivity contribution in [2.45, 2.75) is 6.54 Å². The molecule has 0 spiro atoms. The third kappa shape index (κ3) is 3.58. The van der Waals surface area contributed by atoms with Gasteiger partial charge in [-0.3, -0.25) is 0 Å². The lowest BCUT2D eigenvalue weighted by atomic mass is 10.1. The maximum absolute atomic E-state index is 13.5. The van der Waals surface area contributed by atoms with E-state index in [9.17, 15) is 4.39 Å². The molecule has 2 aromatic heterocycles. The Balaban J connectivity index is 1.56. The maximum atomic E-state index is 13.5. The van der Waals surface area contributed by atoms with Gasteiger partial charge >= 0.3 is 0 Å². The average molecular weight is 415 g/mol. The molecule has 0 aliphatic rings. The maximum Gasteiger partial charge on any atom is 0.145 e. The summed E-state index contributed by atoms with van der Waals surface area (Å²) in [6.45, 7) is 0.895. The van der Waals surface area contributed by atoms with Gasteiger partial charge in [0.2, 0.25) is 0 Å². The molecule has 0 aliphatic carbocycles. The Hall–Kier alpha value is -2.90. The number of ether oxygens (including phenoxy) is 1. The molecular weight excluding hydrogens is 399 g/mol. The van der Waals surface area contributed by atoms with Crippen LogP contribution in [0.3, 0.4) is 0 Å². The van der Waals surface area contributed by atoms with Gasteiger partial charge in [-0.25, -0.2) is 9.37 Å². The Morgan fingerprint density at radius 3 is 2.93 bits per heavy atom. The molecule has 0 fully saturated rings. The molecule has 0 atom stereocenters. The van der Waals surface area contributed by atoms with Gasteiger partial charge in [0.1, 0.15) is 23.2 Å². The molecule has 0 aliphatic heterocycles. The van der Waals surface area contributed by atoms with Crippen molar-refractivity contribution in [2.75, 3.05) is 6.61 Å². The lowest BCUT2D eigenvalue weighted by Gasteiger charge is -2.10. The molecule has 0 amide bonds. The van der Waals surface area contributed by atoms with Gasteiger partial charge in [-0.2, -0.15) is 0 Å². The van der Waals surface area contributed by atoms with E-state index in [2.05, 4.69) is 9.97 Å². The highest BCUT2D eigenvalue weighted by atomic mass is 35.5. The Morgan fingerprint density at radius 2 is 2.14 bits per heavy atom. The van der Waals surface area contributed by atoms with Crippen LogP contribution in [0, 0.1) is 5.82 Å². The smallest absolute Gasteiger partial charge is 0.145 e. The number of benzene rings is 2. The van der Waals surface area contributed by atoms with Crippen molar-refractivity contribution in [1.82, 2.24) is 14.5 Å². The highest BCUT2D eigenvalue weighted by Gasteiger charge is 2.12. The normalized spacial score (nSPS) is 11.1. The third-order valence-corrected chi connectivity index (χ3v) is 4.99. The zero-order valence-corrected chi connectivity index (χ0v) is 16.2. The number of halogens is 2. The van der Waals surface area contributed by atoms with Crippen LogP contribution in [0.15, 0.2) is 55.1 Å². The van der Waals surface area contributed by atoms with E-state index in [4.69, 9.17) is 34.3 Å². The van der Waals surface area contributed by atoms with Gasteiger partial charge in [0.25, 0.3) is 0 Å². The molecular formula is C20H16ClFN4OS. The molecule has 0 unspecified atom stereocenters. The van der Waals surface area contributed by atoms with Crippen LogP contribution in [0.2, 0.25) is 5.02 Å². The minimum atomic E-state index is -0.505. The number of nitrogens with zero attached hydrogens (tertiary/aromatic N) is 2. The van der Waals surface area contributed by atoms with Gasteiger partial charge in [0, 0.05) is 34.3 Å². The standard InChI is InChI=1S/C20H16ClFN4OS/c21-16-3-2-13(8-17(16)22)27-6-5-26-11-24-10-19(26)15-9-25-18-4-1-12(20(23)28)7-14(15)18/h1-4,7-11,25H,5-6H2,(H2,23,28). The van der Waals surface area contributed by atoms with Crippen LogP contribution < -0.4 is 10.5 Å². The quantitative estimate of drug-likeness (QED) is 0.454. The summed E-state index contributed by atoms with van der Waals surface area (Å²) in [5.41, 5.74) is 9.47. The summed E-state index contributed by atoms with van der Waals surface area (Å²) < 4.78 is 21.1. The summed E-state index contributed by atoms with van der Waals surface area (Å²) in [5, 5.41) is 1.08. The highest BCUT2D eigenvalue weighted by Crippen LogP contribution is 2.29. The summed E-state index contributed by atoms with van der Waals surface area (Å²) in [5.74, 6) is -0.0772. The van der Waals surface area contributed by atoms with E-state index in [-0.39, 0.29) is 5.02 Å². The largest absolute Gasteiger partial charge is 0.492 e. The number of fused-ring (bicyclic) bond motifs is 1. The van der Waals surface area contributed by atoms with Gasteiger partial charge in [-0.1, -0.05) is 23.8 Å². The summed E-state index contributed by atoms with van der Waals surface area (Å²) >= 11 is 10.8. The van der Waals surface area contributed by atoms with Crippen LogP contribution in [0.5, 0.6) is 5.75 Å². The first-order valence-corrected chi connectivity index (χ1v) is 9.31. The molecule has 8 heteroatoms. The van der Waals surface area contributed by atoms with E-state index in [0.29, 0.717) is 23.9 Å². The van der Waals surface area contributed by atoms with Crippen molar-refractivity contribution >= 4 is 39.7 Å². The number of hydrogen-bond donors (Lipinski definition) is 2. The lowest BCUT2D eigenvalue weighted by Crippen LogP contribution is -2.09. The first kappa shape index (κ1) is 18.5. The van der Waals surface area contributed by atoms with Crippen molar-refractivity contribution in [3.05, 3.63) is 71.5 Å². The number of thiocarbonyl (C=S) groups is 1. The molecule has 0 saturated heterocycles. The van der Waals surface area contributed by atoms with Crippen LogP contribution in [0.4, 0.5) is 4.39 Å². The van der Waals surface area contributed by atoms with Crippen molar-refractivity contribution in [2.24, 2.45) is 5.73 Å². The summed E-state index contributed by atoms with van der Waals surface area (Å²) in [6.07, 6.45) is 5.45. The van der Waals surface area contributed by atoms with E-state index >= 15 is 0 Å². The Morgan fingerprint density at radius 1 is 1.29 bits per heavy atom. The summed E-state index contributed by atoms with van der Waals surface area (Å²) in [4.78, 5) is 7.86. The molecule has 5 nitrogen and oxygen atoms in total. The number of aromatic nitrogens is 3. The van der Waals surface area contributed by atoms with E-state index in [1.807, 2.05) is 29.0 Å². The molecule has 2 aromatic carbocycles. The number of H-pyrrole nitrogens is 1. The number of aromatic amines is 1. The Kier molecular flexibility index (Phi) is 5.02. The zero-order chi connectivity index (χ0) is 19.7. The Bertz CT molecular complexity index is 1170. The van der Waals surface area contributed by atoms with Gasteiger partial charge in [0.05, 0.1) is 29.8 Å². The van der Waals surface area contributed by atoms with Crippen LogP contribution in [-0.2, 0) is 6.54 Å². The van der Waals surface area contributed by atoms with Crippen molar-refractivity contribution in [3.63, 3.8) is 0 Å². The molecule has 4 rings (SSSR count). The first-order valence-electron chi connectivity index (χ1n) is 8.52. The van der Waals surface area contributed by atoms with Gasteiger partial charge in [0.15, 0.2) is 0 Å². The van der Waals surface area contributed by atoms with Crippen LogP contribution in [0.1, 0.15) is 5.56 Å². The molecule has 28 heavy (non-hydrogen) atoms. The van der Waals surface area contributed by atoms with Crippen molar-refractivity contribution in [3.8, 4) is 17.0 Å². The van der Waals surface area contributed by atoms with E-state index in [1.54, 1.807) is 18.6 Å². The zero-order valence-electron chi connectivity index (χ0n) is 14.7. The van der Waals surface area contributed by atoms with Crippen LogP contribution >= 0.6 is 23.8 Å². The SMILES string of the molecule is NC(=S)c1ccc2[nH]cc(-c3cncn3CCOc3ccc(Cl)c(F)c3)c2c1.